The summed E-state index contributed by atoms with van der Waals surface area (Å²) in [6, 6.07) is 7.47. The van der Waals surface area contributed by atoms with Crippen LogP contribution in [0.3, 0.4) is 0 Å². The highest BCUT2D eigenvalue weighted by molar-refractivity contribution is 7.98. The molecule has 3 rings (SSSR count). The lowest BCUT2D eigenvalue weighted by Crippen LogP contribution is -2.02. The van der Waals surface area contributed by atoms with Gasteiger partial charge in [0.25, 0.3) is 0 Å². The third-order valence-corrected chi connectivity index (χ3v) is 3.40. The minimum absolute atomic E-state index is 0.574. The van der Waals surface area contributed by atoms with Gasteiger partial charge in [-0.25, -0.2) is 19.6 Å². The smallest absolute Gasteiger partial charge is 0.212 e. The lowest BCUT2D eigenvalue weighted by Gasteiger charge is -2.07. The zero-order chi connectivity index (χ0) is 14.7. The number of hydrogen-bond donors (Lipinski definition) is 0. The molecule has 0 saturated carbocycles. The van der Waals surface area contributed by atoms with Crippen LogP contribution >= 0.6 is 11.8 Å². The molecule has 3 aromatic rings. The largest absolute Gasteiger partial charge is 0.481 e. The highest BCUT2D eigenvalue weighted by Crippen LogP contribution is 2.22. The summed E-state index contributed by atoms with van der Waals surface area (Å²) in [7, 11) is 1.59. The summed E-state index contributed by atoms with van der Waals surface area (Å²) in [5.74, 6) is 1.30. The number of thioether (sulfide) groups is 1. The minimum Gasteiger partial charge on any atom is -0.481 e. The van der Waals surface area contributed by atoms with E-state index in [9.17, 15) is 0 Å². The molecular weight excluding hydrogens is 286 g/mol. The summed E-state index contributed by atoms with van der Waals surface area (Å²) >= 11 is 1.49. The standard InChI is InChI=1S/C14H13N5OS/c1-20-13-5-4-10(9-15-13)11-8-12(18-14(17-11)21-2)19-7-3-6-16-19/h3-9H,1-2H3. The quantitative estimate of drug-likeness (QED) is 0.544. The lowest BCUT2D eigenvalue weighted by molar-refractivity contribution is 0.398. The predicted octanol–water partition coefficient (Wildman–Crippen LogP) is 2.45. The summed E-state index contributed by atoms with van der Waals surface area (Å²) < 4.78 is 6.78. The average molecular weight is 299 g/mol. The fourth-order valence-corrected chi connectivity index (χ4v) is 2.20. The van der Waals surface area contributed by atoms with Gasteiger partial charge in [0.15, 0.2) is 11.0 Å². The topological polar surface area (TPSA) is 65.7 Å². The Labute approximate surface area is 126 Å². The molecule has 0 aliphatic heterocycles. The van der Waals surface area contributed by atoms with Crippen molar-refractivity contribution in [2.45, 2.75) is 5.16 Å². The maximum Gasteiger partial charge on any atom is 0.212 e. The third kappa shape index (κ3) is 2.87. The predicted molar refractivity (Wildman–Crippen MR) is 80.7 cm³/mol. The number of pyridine rings is 1. The van der Waals surface area contributed by atoms with E-state index in [0.29, 0.717) is 11.0 Å². The Morgan fingerprint density at radius 2 is 2.14 bits per heavy atom. The summed E-state index contributed by atoms with van der Waals surface area (Å²) in [6.07, 6.45) is 7.24. The summed E-state index contributed by atoms with van der Waals surface area (Å²) in [4.78, 5) is 13.2. The molecular formula is C14H13N5OS. The second-order valence-corrected chi connectivity index (χ2v) is 4.91. The monoisotopic (exact) mass is 299 g/mol. The van der Waals surface area contributed by atoms with Crippen LogP contribution in [0.4, 0.5) is 0 Å². The average Bonchev–Trinajstić information content (AvgIpc) is 3.09. The maximum atomic E-state index is 5.07. The van der Waals surface area contributed by atoms with Crippen molar-refractivity contribution >= 4 is 11.8 Å². The Kier molecular flexibility index (Phi) is 3.83. The molecule has 6 nitrogen and oxygen atoms in total. The van der Waals surface area contributed by atoms with E-state index in [1.54, 1.807) is 24.2 Å². The number of methoxy groups -OCH3 is 1. The maximum absolute atomic E-state index is 5.07. The molecule has 7 heteroatoms. The first-order chi connectivity index (χ1) is 10.3. The summed E-state index contributed by atoms with van der Waals surface area (Å²) in [5, 5.41) is 4.89. The van der Waals surface area contributed by atoms with Crippen LogP contribution < -0.4 is 4.74 Å². The zero-order valence-electron chi connectivity index (χ0n) is 11.6. The highest BCUT2D eigenvalue weighted by Gasteiger charge is 2.08. The molecule has 0 bridgehead atoms. The Morgan fingerprint density at radius 1 is 1.24 bits per heavy atom. The van der Waals surface area contributed by atoms with Crippen molar-refractivity contribution in [3.63, 3.8) is 0 Å². The van der Waals surface area contributed by atoms with Gasteiger partial charge in [-0.05, 0) is 18.4 Å². The van der Waals surface area contributed by atoms with Crippen molar-refractivity contribution in [1.82, 2.24) is 24.7 Å². The Morgan fingerprint density at radius 3 is 2.76 bits per heavy atom. The van der Waals surface area contributed by atoms with Crippen molar-refractivity contribution in [3.8, 4) is 23.0 Å². The van der Waals surface area contributed by atoms with Crippen LogP contribution in [0.5, 0.6) is 5.88 Å². The molecule has 0 aliphatic rings. The number of nitrogens with zero attached hydrogens (tertiary/aromatic N) is 5. The van der Waals surface area contributed by atoms with Crippen molar-refractivity contribution in [2.75, 3.05) is 13.4 Å². The van der Waals surface area contributed by atoms with Crippen molar-refractivity contribution < 1.29 is 4.74 Å². The van der Waals surface area contributed by atoms with Gasteiger partial charge in [-0.15, -0.1) is 0 Å². The summed E-state index contributed by atoms with van der Waals surface area (Å²) in [5.41, 5.74) is 1.71. The Bertz CT molecular complexity index is 728. The number of hydrogen-bond acceptors (Lipinski definition) is 6. The molecule has 0 unspecified atom stereocenters. The van der Waals surface area contributed by atoms with Gasteiger partial charge in [0.1, 0.15) is 0 Å². The van der Waals surface area contributed by atoms with Gasteiger partial charge in [-0.1, -0.05) is 11.8 Å². The normalized spacial score (nSPS) is 10.6. The van der Waals surface area contributed by atoms with Crippen LogP contribution in [0, 0.1) is 0 Å². The first-order valence-corrected chi connectivity index (χ1v) is 7.46. The van der Waals surface area contributed by atoms with Crippen LogP contribution in [0.25, 0.3) is 17.1 Å². The van der Waals surface area contributed by atoms with E-state index in [1.807, 2.05) is 36.7 Å². The lowest BCUT2D eigenvalue weighted by atomic mass is 10.2. The zero-order valence-corrected chi connectivity index (χ0v) is 12.4. The van der Waals surface area contributed by atoms with Crippen LogP contribution in [0.15, 0.2) is 48.0 Å². The number of rotatable bonds is 4. The fourth-order valence-electron chi connectivity index (χ4n) is 1.83. The molecule has 0 saturated heterocycles. The second-order valence-electron chi connectivity index (χ2n) is 4.14. The van der Waals surface area contributed by atoms with Gasteiger partial charge < -0.3 is 4.74 Å². The number of ether oxygens (including phenoxy) is 1. The second kappa shape index (κ2) is 5.92. The van der Waals surface area contributed by atoms with Gasteiger partial charge in [0.05, 0.1) is 12.8 Å². The molecule has 21 heavy (non-hydrogen) atoms. The Balaban J connectivity index is 2.06. The van der Waals surface area contributed by atoms with Gasteiger partial charge in [-0.2, -0.15) is 5.10 Å². The molecule has 0 aromatic carbocycles. The third-order valence-electron chi connectivity index (χ3n) is 2.86. The van der Waals surface area contributed by atoms with E-state index >= 15 is 0 Å². The molecule has 106 valence electrons. The molecule has 0 fully saturated rings. The van der Waals surface area contributed by atoms with Gasteiger partial charge in [-0.3, -0.25) is 0 Å². The van der Waals surface area contributed by atoms with E-state index in [0.717, 1.165) is 17.1 Å². The molecule has 0 N–H and O–H groups in total. The minimum atomic E-state index is 0.574. The molecule has 0 aliphatic carbocycles. The van der Waals surface area contributed by atoms with E-state index in [1.165, 1.54) is 11.8 Å². The van der Waals surface area contributed by atoms with Gasteiger partial charge >= 0.3 is 0 Å². The molecule has 0 atom stereocenters. The van der Waals surface area contributed by atoms with E-state index in [2.05, 4.69) is 20.1 Å². The van der Waals surface area contributed by atoms with Crippen molar-refractivity contribution in [1.29, 1.82) is 0 Å². The molecule has 3 aromatic heterocycles. The number of aromatic nitrogens is 5. The molecule has 3 heterocycles. The summed E-state index contributed by atoms with van der Waals surface area (Å²) in [6.45, 7) is 0. The van der Waals surface area contributed by atoms with Gasteiger partial charge in [0, 0.05) is 36.3 Å². The van der Waals surface area contributed by atoms with Crippen LogP contribution in [0.2, 0.25) is 0 Å². The molecule has 0 radical (unpaired) electrons. The first kappa shape index (κ1) is 13.6. The molecule has 0 amide bonds. The Hall–Kier alpha value is -2.41. The highest BCUT2D eigenvalue weighted by atomic mass is 32.2. The van der Waals surface area contributed by atoms with Crippen LogP contribution in [0.1, 0.15) is 0 Å². The van der Waals surface area contributed by atoms with E-state index < -0.39 is 0 Å². The van der Waals surface area contributed by atoms with Crippen molar-refractivity contribution in [3.05, 3.63) is 42.9 Å². The van der Waals surface area contributed by atoms with Crippen LogP contribution in [-0.2, 0) is 0 Å². The van der Waals surface area contributed by atoms with Crippen molar-refractivity contribution in [2.24, 2.45) is 0 Å². The first-order valence-electron chi connectivity index (χ1n) is 6.23. The molecule has 0 spiro atoms. The van der Waals surface area contributed by atoms with Gasteiger partial charge in [0.2, 0.25) is 5.88 Å². The fraction of sp³-hybridized carbons (Fsp3) is 0.143. The van der Waals surface area contributed by atoms with E-state index in [-0.39, 0.29) is 0 Å². The van der Waals surface area contributed by atoms with E-state index in [4.69, 9.17) is 4.74 Å². The van der Waals surface area contributed by atoms with Crippen LogP contribution in [-0.4, -0.2) is 38.1 Å². The SMILES string of the molecule is COc1ccc(-c2cc(-n3cccn3)nc(SC)n2)cn1.